The molecule has 1 aromatic rings. The molecule has 1 N–H and O–H groups in total. The molecule has 0 saturated carbocycles. The number of hydrogen-bond acceptors (Lipinski definition) is 3. The molecule has 0 bridgehead atoms. The predicted octanol–water partition coefficient (Wildman–Crippen LogP) is 3.07. The number of carbonyl (C=O) groups excluding carboxylic acids is 1. The van der Waals surface area contributed by atoms with Gasteiger partial charge in [-0.05, 0) is 39.3 Å². The van der Waals surface area contributed by atoms with Crippen molar-refractivity contribution in [2.75, 3.05) is 31.6 Å². The average Bonchev–Trinajstić information content (AvgIpc) is 2.44. The third-order valence-corrected chi connectivity index (χ3v) is 3.68. The maximum Gasteiger partial charge on any atom is 0.256 e. The SMILES string of the molecule is CCCNc1ccc(C)cc1C(=O)N1CCOC(C)(C)C1. The standard InChI is InChI=1S/C17H26N2O2/c1-5-8-18-15-7-6-13(2)11-14(15)16(20)19-9-10-21-17(3,4)12-19/h6-7,11,18H,5,8-10,12H2,1-4H3. The van der Waals surface area contributed by atoms with E-state index in [1.165, 1.54) is 0 Å². The Kier molecular flexibility index (Phi) is 4.88. The molecule has 1 aromatic carbocycles. The van der Waals surface area contributed by atoms with E-state index in [0.29, 0.717) is 19.7 Å². The fourth-order valence-electron chi connectivity index (χ4n) is 2.61. The molecule has 1 aliphatic rings. The molecule has 0 aliphatic carbocycles. The molecular formula is C17H26N2O2. The summed E-state index contributed by atoms with van der Waals surface area (Å²) in [6, 6.07) is 6.02. The number of carbonyl (C=O) groups is 1. The molecular weight excluding hydrogens is 264 g/mol. The van der Waals surface area contributed by atoms with Gasteiger partial charge in [0.1, 0.15) is 0 Å². The van der Waals surface area contributed by atoms with Crippen LogP contribution in [-0.4, -0.2) is 42.6 Å². The lowest BCUT2D eigenvalue weighted by Crippen LogP contribution is -2.50. The molecule has 1 amide bonds. The van der Waals surface area contributed by atoms with E-state index in [0.717, 1.165) is 29.8 Å². The molecule has 21 heavy (non-hydrogen) atoms. The number of anilines is 1. The first-order valence-corrected chi connectivity index (χ1v) is 7.71. The first kappa shape index (κ1) is 15.8. The summed E-state index contributed by atoms with van der Waals surface area (Å²) in [4.78, 5) is 14.8. The van der Waals surface area contributed by atoms with Crippen molar-refractivity contribution in [1.82, 2.24) is 4.90 Å². The summed E-state index contributed by atoms with van der Waals surface area (Å²) in [6.45, 7) is 10.9. The van der Waals surface area contributed by atoms with E-state index in [1.54, 1.807) is 0 Å². The van der Waals surface area contributed by atoms with E-state index in [9.17, 15) is 4.79 Å². The monoisotopic (exact) mass is 290 g/mol. The van der Waals surface area contributed by atoms with Crippen molar-refractivity contribution in [1.29, 1.82) is 0 Å². The number of amides is 1. The van der Waals surface area contributed by atoms with Crippen LogP contribution in [0.4, 0.5) is 5.69 Å². The Balaban J connectivity index is 2.23. The van der Waals surface area contributed by atoms with Crippen molar-refractivity contribution >= 4 is 11.6 Å². The summed E-state index contributed by atoms with van der Waals surface area (Å²) >= 11 is 0. The normalized spacial score (nSPS) is 17.6. The summed E-state index contributed by atoms with van der Waals surface area (Å²) in [5, 5.41) is 3.35. The fourth-order valence-corrected chi connectivity index (χ4v) is 2.61. The van der Waals surface area contributed by atoms with Gasteiger partial charge >= 0.3 is 0 Å². The number of aryl methyl sites for hydroxylation is 1. The maximum absolute atomic E-state index is 12.9. The summed E-state index contributed by atoms with van der Waals surface area (Å²) < 4.78 is 5.69. The lowest BCUT2D eigenvalue weighted by atomic mass is 10.0. The topological polar surface area (TPSA) is 41.6 Å². The van der Waals surface area contributed by atoms with Crippen LogP contribution in [0.15, 0.2) is 18.2 Å². The number of benzene rings is 1. The van der Waals surface area contributed by atoms with Crippen molar-refractivity contribution in [3.8, 4) is 0 Å². The number of nitrogens with zero attached hydrogens (tertiary/aromatic N) is 1. The molecule has 1 saturated heterocycles. The zero-order valence-corrected chi connectivity index (χ0v) is 13.5. The van der Waals surface area contributed by atoms with Crippen LogP contribution in [0.3, 0.4) is 0 Å². The van der Waals surface area contributed by atoms with E-state index >= 15 is 0 Å². The maximum atomic E-state index is 12.9. The van der Waals surface area contributed by atoms with Crippen LogP contribution in [0.25, 0.3) is 0 Å². The molecule has 0 radical (unpaired) electrons. The Morgan fingerprint density at radius 1 is 1.43 bits per heavy atom. The van der Waals surface area contributed by atoms with Gasteiger partial charge < -0.3 is 15.0 Å². The van der Waals surface area contributed by atoms with Crippen molar-refractivity contribution in [3.05, 3.63) is 29.3 Å². The van der Waals surface area contributed by atoms with Crippen LogP contribution in [0, 0.1) is 6.92 Å². The predicted molar refractivity (Wildman–Crippen MR) is 85.9 cm³/mol. The summed E-state index contributed by atoms with van der Waals surface area (Å²) in [7, 11) is 0. The third-order valence-electron chi connectivity index (χ3n) is 3.68. The van der Waals surface area contributed by atoms with Gasteiger partial charge in [-0.3, -0.25) is 4.79 Å². The minimum Gasteiger partial charge on any atom is -0.384 e. The minimum absolute atomic E-state index is 0.0914. The van der Waals surface area contributed by atoms with Crippen LogP contribution in [0.5, 0.6) is 0 Å². The van der Waals surface area contributed by atoms with Gasteiger partial charge in [0.25, 0.3) is 5.91 Å². The van der Waals surface area contributed by atoms with Gasteiger partial charge in [-0.2, -0.15) is 0 Å². The van der Waals surface area contributed by atoms with Crippen molar-refractivity contribution in [3.63, 3.8) is 0 Å². The van der Waals surface area contributed by atoms with E-state index in [4.69, 9.17) is 4.74 Å². The van der Waals surface area contributed by atoms with Gasteiger partial charge in [0.05, 0.1) is 17.8 Å². The molecule has 0 spiro atoms. The van der Waals surface area contributed by atoms with Crippen LogP contribution in [-0.2, 0) is 4.74 Å². The second-order valence-corrected chi connectivity index (χ2v) is 6.31. The Hall–Kier alpha value is -1.55. The Morgan fingerprint density at radius 3 is 2.86 bits per heavy atom. The van der Waals surface area contributed by atoms with Crippen LogP contribution < -0.4 is 5.32 Å². The van der Waals surface area contributed by atoms with Gasteiger partial charge in [-0.1, -0.05) is 18.6 Å². The Morgan fingerprint density at radius 2 is 2.19 bits per heavy atom. The zero-order chi connectivity index (χ0) is 15.5. The summed E-state index contributed by atoms with van der Waals surface area (Å²) in [5.74, 6) is 0.0914. The van der Waals surface area contributed by atoms with E-state index in [-0.39, 0.29) is 11.5 Å². The molecule has 1 aliphatic heterocycles. The second kappa shape index (κ2) is 6.48. The fraction of sp³-hybridized carbons (Fsp3) is 0.588. The smallest absolute Gasteiger partial charge is 0.256 e. The minimum atomic E-state index is -0.269. The number of nitrogens with one attached hydrogen (secondary N) is 1. The number of ether oxygens (including phenoxy) is 1. The van der Waals surface area contributed by atoms with Gasteiger partial charge in [-0.15, -0.1) is 0 Å². The third kappa shape index (κ3) is 3.97. The van der Waals surface area contributed by atoms with Crippen LogP contribution in [0.2, 0.25) is 0 Å². The average molecular weight is 290 g/mol. The first-order chi connectivity index (χ1) is 9.93. The van der Waals surface area contributed by atoms with Gasteiger partial charge in [0, 0.05) is 25.3 Å². The highest BCUT2D eigenvalue weighted by Gasteiger charge is 2.31. The molecule has 0 aromatic heterocycles. The molecule has 4 nitrogen and oxygen atoms in total. The molecule has 2 rings (SSSR count). The summed E-state index contributed by atoms with van der Waals surface area (Å²) in [5.41, 5.74) is 2.53. The molecule has 1 fully saturated rings. The highest BCUT2D eigenvalue weighted by molar-refractivity contribution is 6.00. The van der Waals surface area contributed by atoms with Crippen molar-refractivity contribution in [2.45, 2.75) is 39.7 Å². The highest BCUT2D eigenvalue weighted by Crippen LogP contribution is 2.23. The molecule has 4 heteroatoms. The number of rotatable bonds is 4. The Bertz CT molecular complexity index is 512. The van der Waals surface area contributed by atoms with Gasteiger partial charge in [-0.25, -0.2) is 0 Å². The van der Waals surface area contributed by atoms with Gasteiger partial charge in [0.15, 0.2) is 0 Å². The van der Waals surface area contributed by atoms with Crippen LogP contribution in [0.1, 0.15) is 43.1 Å². The largest absolute Gasteiger partial charge is 0.384 e. The van der Waals surface area contributed by atoms with Crippen molar-refractivity contribution < 1.29 is 9.53 Å². The molecule has 0 atom stereocenters. The first-order valence-electron chi connectivity index (χ1n) is 7.71. The van der Waals surface area contributed by atoms with E-state index < -0.39 is 0 Å². The molecule has 1 heterocycles. The number of morpholine rings is 1. The van der Waals surface area contributed by atoms with Crippen LogP contribution >= 0.6 is 0 Å². The second-order valence-electron chi connectivity index (χ2n) is 6.31. The lowest BCUT2D eigenvalue weighted by Gasteiger charge is -2.38. The quantitative estimate of drug-likeness (QED) is 0.926. The zero-order valence-electron chi connectivity index (χ0n) is 13.5. The Labute approximate surface area is 127 Å². The summed E-state index contributed by atoms with van der Waals surface area (Å²) in [6.07, 6.45) is 1.03. The number of hydrogen-bond donors (Lipinski definition) is 1. The molecule has 0 unspecified atom stereocenters. The lowest BCUT2D eigenvalue weighted by molar-refractivity contribution is -0.0763. The van der Waals surface area contributed by atoms with E-state index in [2.05, 4.69) is 12.2 Å². The van der Waals surface area contributed by atoms with Crippen molar-refractivity contribution in [2.24, 2.45) is 0 Å². The van der Waals surface area contributed by atoms with Gasteiger partial charge in [0.2, 0.25) is 0 Å². The highest BCUT2D eigenvalue weighted by atomic mass is 16.5. The molecule has 116 valence electrons. The van der Waals surface area contributed by atoms with E-state index in [1.807, 2.05) is 43.9 Å².